The summed E-state index contributed by atoms with van der Waals surface area (Å²) in [6.45, 7) is -1.53. The number of hydrogen-bond donors (Lipinski definition) is 1. The second kappa shape index (κ2) is 9.33. The number of sulfone groups is 1. The first-order valence-corrected chi connectivity index (χ1v) is 13.4. The largest absolute Gasteiger partial charge is 0.435 e. The Balaban J connectivity index is 1.55. The van der Waals surface area contributed by atoms with Crippen LogP contribution in [-0.4, -0.2) is 52.7 Å². The van der Waals surface area contributed by atoms with Gasteiger partial charge in [0.2, 0.25) is 5.91 Å². The molecule has 1 saturated heterocycles. The molecular weight excluding hydrogens is 535 g/mol. The van der Waals surface area contributed by atoms with Gasteiger partial charge in [-0.05, 0) is 38.0 Å². The zero-order chi connectivity index (χ0) is 27.4. The number of benzene rings is 1. The Morgan fingerprint density at radius 3 is 2.58 bits per heavy atom. The molecule has 3 heterocycles. The van der Waals surface area contributed by atoms with Gasteiger partial charge in [0.25, 0.3) is 0 Å². The molecule has 0 bridgehead atoms. The van der Waals surface area contributed by atoms with Gasteiger partial charge in [0, 0.05) is 29.5 Å². The Kier molecular flexibility index (Phi) is 6.40. The van der Waals surface area contributed by atoms with Crippen LogP contribution in [0.15, 0.2) is 30.5 Å². The number of pyridine rings is 1. The van der Waals surface area contributed by atoms with Crippen molar-refractivity contribution in [1.82, 2.24) is 20.1 Å². The van der Waals surface area contributed by atoms with E-state index < -0.39 is 57.1 Å². The Bertz CT molecular complexity index is 1530. The summed E-state index contributed by atoms with van der Waals surface area (Å²) in [5.74, 6) is -4.95. The number of ether oxygens (including phenoxy) is 1. The Morgan fingerprint density at radius 2 is 1.92 bits per heavy atom. The number of carbonyl (C=O) groups is 1. The maximum atomic E-state index is 14.9. The van der Waals surface area contributed by atoms with E-state index in [-0.39, 0.29) is 47.8 Å². The minimum absolute atomic E-state index is 0.00430. The van der Waals surface area contributed by atoms with E-state index in [0.717, 1.165) is 29.1 Å². The molecule has 0 spiro atoms. The molecule has 202 valence electrons. The molecule has 1 N–H and O–H groups in total. The van der Waals surface area contributed by atoms with Gasteiger partial charge in [-0.1, -0.05) is 0 Å². The van der Waals surface area contributed by atoms with Gasteiger partial charge < -0.3 is 10.1 Å². The Hall–Kier alpha value is -3.55. The van der Waals surface area contributed by atoms with Crippen LogP contribution >= 0.6 is 0 Å². The van der Waals surface area contributed by atoms with Gasteiger partial charge in [-0.3, -0.25) is 4.79 Å². The molecule has 14 heteroatoms. The van der Waals surface area contributed by atoms with Gasteiger partial charge in [0.05, 0.1) is 34.6 Å². The van der Waals surface area contributed by atoms with E-state index in [0.29, 0.717) is 17.3 Å². The van der Waals surface area contributed by atoms with Crippen LogP contribution in [0.3, 0.4) is 0 Å². The summed E-state index contributed by atoms with van der Waals surface area (Å²) >= 11 is 0. The normalized spacial score (nSPS) is 19.5. The van der Waals surface area contributed by atoms with Gasteiger partial charge in [0.1, 0.15) is 17.4 Å². The summed E-state index contributed by atoms with van der Waals surface area (Å²) in [5.41, 5.74) is -0.338. The van der Waals surface area contributed by atoms with E-state index >= 15 is 0 Å². The molecule has 0 saturated carbocycles. The maximum Gasteiger partial charge on any atom is 0.387 e. The third-order valence-electron chi connectivity index (χ3n) is 6.55. The number of nitrogens with one attached hydrogen (secondary N) is 1. The van der Waals surface area contributed by atoms with Crippen molar-refractivity contribution in [1.29, 1.82) is 0 Å². The van der Waals surface area contributed by atoms with Crippen LogP contribution in [0, 0.1) is 23.4 Å². The summed E-state index contributed by atoms with van der Waals surface area (Å²) in [6.07, 6.45) is 1.23. The molecule has 8 nitrogen and oxygen atoms in total. The molecule has 38 heavy (non-hydrogen) atoms. The SMILES string of the molecule is CC1(NC(=O)[C@@H]2CCc3c(-c4cc(OC(F)F)ccc4F)nn(-c4ncc(F)cc4F)c3C2)CS(=O)(=O)C1. The van der Waals surface area contributed by atoms with Crippen molar-refractivity contribution in [3.05, 3.63) is 59.2 Å². The Labute approximate surface area is 213 Å². The lowest BCUT2D eigenvalue weighted by atomic mass is 9.84. The summed E-state index contributed by atoms with van der Waals surface area (Å²) < 4.78 is 97.3. The molecule has 2 aliphatic rings. The zero-order valence-electron chi connectivity index (χ0n) is 19.8. The fourth-order valence-corrected chi connectivity index (χ4v) is 7.05. The average molecular weight is 557 g/mol. The number of amides is 1. The standard InChI is InChI=1S/C24H21F5N4O4S/c1-24(10-38(35,36)11-24)31-22(34)12-2-4-15-19(6-12)33(21-18(27)7-13(25)9-30-21)32-20(15)16-8-14(37-23(28)29)3-5-17(16)26/h3,5,7-9,12,23H,2,4,6,10-11H2,1H3,(H,31,34)/t12-/m1/s1. The van der Waals surface area contributed by atoms with Gasteiger partial charge in [-0.25, -0.2) is 31.3 Å². The van der Waals surface area contributed by atoms with Crippen LogP contribution in [0.1, 0.15) is 24.6 Å². The lowest BCUT2D eigenvalue weighted by Crippen LogP contribution is -2.64. The average Bonchev–Trinajstić information content (AvgIpc) is 3.17. The summed E-state index contributed by atoms with van der Waals surface area (Å²) in [4.78, 5) is 16.8. The highest BCUT2D eigenvalue weighted by Crippen LogP contribution is 2.38. The van der Waals surface area contributed by atoms with Crippen molar-refractivity contribution in [3.63, 3.8) is 0 Å². The predicted molar refractivity (Wildman–Crippen MR) is 124 cm³/mol. The minimum Gasteiger partial charge on any atom is -0.435 e. The second-order valence-electron chi connectivity index (χ2n) is 9.69. The first-order chi connectivity index (χ1) is 17.8. The number of nitrogens with zero attached hydrogens (tertiary/aromatic N) is 3. The molecule has 1 amide bonds. The third kappa shape index (κ3) is 4.96. The van der Waals surface area contributed by atoms with Crippen LogP contribution in [-0.2, 0) is 27.5 Å². The van der Waals surface area contributed by atoms with E-state index in [9.17, 15) is 35.2 Å². The van der Waals surface area contributed by atoms with Crippen molar-refractivity contribution in [3.8, 4) is 22.8 Å². The molecule has 1 aromatic carbocycles. The number of fused-ring (bicyclic) bond motifs is 1. The van der Waals surface area contributed by atoms with Crippen molar-refractivity contribution in [2.24, 2.45) is 5.92 Å². The minimum atomic E-state index is -3.21. The van der Waals surface area contributed by atoms with Crippen molar-refractivity contribution in [2.45, 2.75) is 38.3 Å². The lowest BCUT2D eigenvalue weighted by molar-refractivity contribution is -0.126. The number of aromatic nitrogens is 3. The lowest BCUT2D eigenvalue weighted by Gasteiger charge is -2.39. The molecule has 0 unspecified atom stereocenters. The number of carbonyl (C=O) groups excluding carboxylic acids is 1. The van der Waals surface area contributed by atoms with Crippen LogP contribution in [0.4, 0.5) is 22.0 Å². The monoisotopic (exact) mass is 556 g/mol. The first kappa shape index (κ1) is 26.1. The molecule has 1 fully saturated rings. The van der Waals surface area contributed by atoms with E-state index in [4.69, 9.17) is 0 Å². The smallest absolute Gasteiger partial charge is 0.387 e. The first-order valence-electron chi connectivity index (χ1n) is 11.5. The van der Waals surface area contributed by atoms with Gasteiger partial charge in [-0.2, -0.15) is 13.9 Å². The number of halogens is 5. The van der Waals surface area contributed by atoms with Gasteiger partial charge in [0.15, 0.2) is 21.5 Å². The fraction of sp³-hybridized carbons (Fsp3) is 0.375. The molecular formula is C24H21F5N4O4S. The van der Waals surface area contributed by atoms with E-state index in [1.807, 2.05) is 0 Å². The van der Waals surface area contributed by atoms with Crippen molar-refractivity contribution < 1.29 is 39.9 Å². The molecule has 1 aliphatic carbocycles. The third-order valence-corrected chi connectivity index (χ3v) is 8.71. The molecule has 0 radical (unpaired) electrons. The summed E-state index contributed by atoms with van der Waals surface area (Å²) in [7, 11) is -3.21. The topological polar surface area (TPSA) is 103 Å². The number of alkyl halides is 2. The van der Waals surface area contributed by atoms with Gasteiger partial charge in [-0.15, -0.1) is 0 Å². The van der Waals surface area contributed by atoms with Crippen LogP contribution in [0.25, 0.3) is 17.1 Å². The van der Waals surface area contributed by atoms with Gasteiger partial charge >= 0.3 is 6.61 Å². The van der Waals surface area contributed by atoms with Crippen LogP contribution in [0.2, 0.25) is 0 Å². The predicted octanol–water partition coefficient (Wildman–Crippen LogP) is 3.36. The quantitative estimate of drug-likeness (QED) is 0.468. The summed E-state index contributed by atoms with van der Waals surface area (Å²) in [6, 6.07) is 3.59. The molecule has 3 aromatic rings. The molecule has 1 atom stereocenters. The zero-order valence-corrected chi connectivity index (χ0v) is 20.7. The molecule has 1 aliphatic heterocycles. The number of rotatable bonds is 6. The fourth-order valence-electron chi connectivity index (χ4n) is 5.05. The van der Waals surface area contributed by atoms with Crippen molar-refractivity contribution in [2.75, 3.05) is 11.5 Å². The van der Waals surface area contributed by atoms with E-state index in [1.54, 1.807) is 6.92 Å². The Morgan fingerprint density at radius 1 is 1.18 bits per heavy atom. The highest BCUT2D eigenvalue weighted by atomic mass is 32.2. The van der Waals surface area contributed by atoms with E-state index in [2.05, 4.69) is 20.1 Å². The van der Waals surface area contributed by atoms with Crippen molar-refractivity contribution >= 4 is 15.7 Å². The molecule has 5 rings (SSSR count). The summed E-state index contributed by atoms with van der Waals surface area (Å²) in [5, 5.41) is 7.08. The maximum absolute atomic E-state index is 14.9. The second-order valence-corrected chi connectivity index (χ2v) is 11.8. The highest BCUT2D eigenvalue weighted by molar-refractivity contribution is 7.93. The number of hydrogen-bond acceptors (Lipinski definition) is 6. The van der Waals surface area contributed by atoms with Crippen LogP contribution in [0.5, 0.6) is 5.75 Å². The van der Waals surface area contributed by atoms with E-state index in [1.165, 1.54) is 0 Å². The molecule has 2 aromatic heterocycles. The highest BCUT2D eigenvalue weighted by Gasteiger charge is 2.46. The van der Waals surface area contributed by atoms with Crippen LogP contribution < -0.4 is 10.1 Å².